The van der Waals surface area contributed by atoms with Crippen LogP contribution in [-0.2, 0) is 0 Å². The number of nitrogens with zero attached hydrogens (tertiary/aromatic N) is 2. The van der Waals surface area contributed by atoms with E-state index in [1.807, 2.05) is 0 Å². The van der Waals surface area contributed by atoms with Crippen molar-refractivity contribution in [3.05, 3.63) is 231 Å². The predicted octanol–water partition coefficient (Wildman–Crippen LogP) is 15.5. The second-order valence-corrected chi connectivity index (χ2v) is 14.9. The van der Waals surface area contributed by atoms with Crippen molar-refractivity contribution < 1.29 is 0 Å². The summed E-state index contributed by atoms with van der Waals surface area (Å²) in [6.45, 7) is 0. The van der Waals surface area contributed by atoms with Gasteiger partial charge in [-0.05, 0) is 92.9 Å². The standard InChI is InChI=1S/C56H38N2/c1-4-15-44(16-5-1)54-51-23-12-13-25-52(51)58-53-26-14-24-48(55(53)49-21-10-11-22-50(49)56(54)58)43-33-31-41(32-34-43)39-27-29-40(30-28-39)42-35-37-47(38-36-42)57(45-17-6-2-7-18-45)46-19-8-3-9-20-46/h1-38H. The quantitative estimate of drug-likeness (QED) is 0.148. The van der Waals surface area contributed by atoms with Crippen molar-refractivity contribution in [1.82, 2.24) is 4.40 Å². The summed E-state index contributed by atoms with van der Waals surface area (Å²) in [6, 6.07) is 83.3. The Morgan fingerprint density at radius 2 is 0.707 bits per heavy atom. The second-order valence-electron chi connectivity index (χ2n) is 14.9. The fraction of sp³-hybridized carbons (Fsp3) is 0. The number of para-hydroxylation sites is 3. The molecule has 11 rings (SSSR count). The van der Waals surface area contributed by atoms with Crippen molar-refractivity contribution in [3.8, 4) is 44.5 Å². The summed E-state index contributed by atoms with van der Waals surface area (Å²) in [7, 11) is 0. The van der Waals surface area contributed by atoms with Gasteiger partial charge in [-0.3, -0.25) is 0 Å². The maximum Gasteiger partial charge on any atom is 0.0625 e. The molecule has 0 aliphatic heterocycles. The summed E-state index contributed by atoms with van der Waals surface area (Å²) < 4.78 is 2.49. The normalized spacial score (nSPS) is 11.4. The molecule has 0 unspecified atom stereocenters. The van der Waals surface area contributed by atoms with Crippen molar-refractivity contribution in [2.45, 2.75) is 0 Å². The van der Waals surface area contributed by atoms with Crippen LogP contribution in [0.2, 0.25) is 0 Å². The van der Waals surface area contributed by atoms with Crippen LogP contribution in [0.1, 0.15) is 0 Å². The fourth-order valence-electron chi connectivity index (χ4n) is 8.90. The summed E-state index contributed by atoms with van der Waals surface area (Å²) in [5.41, 5.74) is 16.8. The van der Waals surface area contributed by atoms with Gasteiger partial charge in [0.15, 0.2) is 0 Å². The highest BCUT2D eigenvalue weighted by Crippen LogP contribution is 2.44. The zero-order chi connectivity index (χ0) is 38.4. The molecule has 0 saturated carbocycles. The first-order chi connectivity index (χ1) is 28.8. The molecule has 11 aromatic rings. The average Bonchev–Trinajstić information content (AvgIpc) is 3.66. The van der Waals surface area contributed by atoms with Gasteiger partial charge in [0.1, 0.15) is 0 Å². The van der Waals surface area contributed by atoms with Crippen molar-refractivity contribution in [2.75, 3.05) is 4.90 Å². The third kappa shape index (κ3) is 5.66. The zero-order valence-electron chi connectivity index (χ0n) is 31.8. The summed E-state index contributed by atoms with van der Waals surface area (Å²) in [6.07, 6.45) is 0. The summed E-state index contributed by atoms with van der Waals surface area (Å²) in [4.78, 5) is 2.29. The Morgan fingerprint density at radius 3 is 1.29 bits per heavy atom. The second kappa shape index (κ2) is 14.1. The number of pyridine rings is 1. The Kier molecular flexibility index (Phi) is 8.19. The van der Waals surface area contributed by atoms with E-state index in [1.165, 1.54) is 82.6 Å². The van der Waals surface area contributed by atoms with Crippen molar-refractivity contribution in [1.29, 1.82) is 0 Å². The lowest BCUT2D eigenvalue weighted by Crippen LogP contribution is -2.09. The molecule has 2 nitrogen and oxygen atoms in total. The first-order valence-electron chi connectivity index (χ1n) is 19.9. The minimum Gasteiger partial charge on any atom is -0.311 e. The molecule has 0 radical (unpaired) electrons. The van der Waals surface area contributed by atoms with E-state index in [-0.39, 0.29) is 0 Å². The average molecular weight is 739 g/mol. The molecule has 58 heavy (non-hydrogen) atoms. The molecule has 0 atom stereocenters. The lowest BCUT2D eigenvalue weighted by Gasteiger charge is -2.25. The van der Waals surface area contributed by atoms with Crippen LogP contribution in [0.25, 0.3) is 82.6 Å². The van der Waals surface area contributed by atoms with Gasteiger partial charge in [0.25, 0.3) is 0 Å². The maximum absolute atomic E-state index is 2.49. The Morgan fingerprint density at radius 1 is 0.276 bits per heavy atom. The van der Waals surface area contributed by atoms with Crippen LogP contribution < -0.4 is 4.90 Å². The first-order valence-corrected chi connectivity index (χ1v) is 19.9. The molecular formula is C56H38N2. The Balaban J connectivity index is 0.943. The van der Waals surface area contributed by atoms with Crippen LogP contribution in [-0.4, -0.2) is 4.40 Å². The molecule has 2 aromatic heterocycles. The molecule has 0 spiro atoms. The van der Waals surface area contributed by atoms with Gasteiger partial charge in [0, 0.05) is 38.8 Å². The molecule has 0 saturated heterocycles. The van der Waals surface area contributed by atoms with Crippen molar-refractivity contribution >= 4 is 55.2 Å². The molecule has 0 N–H and O–H groups in total. The molecule has 0 amide bonds. The van der Waals surface area contributed by atoms with E-state index in [1.54, 1.807) is 0 Å². The van der Waals surface area contributed by atoms with E-state index in [0.717, 1.165) is 17.1 Å². The first kappa shape index (κ1) is 33.6. The molecule has 2 heteroatoms. The van der Waals surface area contributed by atoms with E-state index in [4.69, 9.17) is 0 Å². The zero-order valence-corrected chi connectivity index (χ0v) is 31.8. The molecule has 9 aromatic carbocycles. The number of fused-ring (bicyclic) bond motifs is 8. The molecule has 0 aliphatic carbocycles. The van der Waals surface area contributed by atoms with Gasteiger partial charge in [0.2, 0.25) is 0 Å². The van der Waals surface area contributed by atoms with Crippen LogP contribution in [0.4, 0.5) is 17.1 Å². The van der Waals surface area contributed by atoms with Crippen LogP contribution >= 0.6 is 0 Å². The van der Waals surface area contributed by atoms with Crippen LogP contribution in [0.5, 0.6) is 0 Å². The largest absolute Gasteiger partial charge is 0.311 e. The smallest absolute Gasteiger partial charge is 0.0625 e. The lowest BCUT2D eigenvalue weighted by molar-refractivity contribution is 1.28. The van der Waals surface area contributed by atoms with E-state index >= 15 is 0 Å². The van der Waals surface area contributed by atoms with Gasteiger partial charge in [-0.2, -0.15) is 0 Å². The Labute approximate surface area is 338 Å². The van der Waals surface area contributed by atoms with Crippen LogP contribution in [0.3, 0.4) is 0 Å². The number of anilines is 3. The molecule has 0 fully saturated rings. The monoisotopic (exact) mass is 738 g/mol. The highest BCUT2D eigenvalue weighted by molar-refractivity contribution is 6.24. The number of benzene rings is 9. The minimum absolute atomic E-state index is 1.13. The maximum atomic E-state index is 2.49. The van der Waals surface area contributed by atoms with Gasteiger partial charge in [-0.1, -0.05) is 182 Å². The highest BCUT2D eigenvalue weighted by Gasteiger charge is 2.21. The molecule has 272 valence electrons. The van der Waals surface area contributed by atoms with Crippen molar-refractivity contribution in [2.24, 2.45) is 0 Å². The van der Waals surface area contributed by atoms with Crippen LogP contribution in [0.15, 0.2) is 231 Å². The summed E-state index contributed by atoms with van der Waals surface area (Å²) >= 11 is 0. The summed E-state index contributed by atoms with van der Waals surface area (Å²) in [5, 5.41) is 5.06. The topological polar surface area (TPSA) is 7.65 Å². The van der Waals surface area contributed by atoms with E-state index < -0.39 is 0 Å². The number of hydrogen-bond donors (Lipinski definition) is 0. The van der Waals surface area contributed by atoms with Crippen molar-refractivity contribution in [3.63, 3.8) is 0 Å². The predicted molar refractivity (Wildman–Crippen MR) is 246 cm³/mol. The molecule has 2 heterocycles. The van der Waals surface area contributed by atoms with Gasteiger partial charge >= 0.3 is 0 Å². The van der Waals surface area contributed by atoms with Gasteiger partial charge in [-0.15, -0.1) is 0 Å². The fourth-order valence-corrected chi connectivity index (χ4v) is 8.90. The van der Waals surface area contributed by atoms with E-state index in [9.17, 15) is 0 Å². The van der Waals surface area contributed by atoms with E-state index in [0.29, 0.717) is 0 Å². The van der Waals surface area contributed by atoms with E-state index in [2.05, 4.69) is 240 Å². The Hall–Kier alpha value is -7.68. The summed E-state index contributed by atoms with van der Waals surface area (Å²) in [5.74, 6) is 0. The highest BCUT2D eigenvalue weighted by atomic mass is 15.1. The third-order valence-electron chi connectivity index (χ3n) is 11.6. The Bertz CT molecular complexity index is 3180. The molecular weight excluding hydrogens is 701 g/mol. The number of hydrogen-bond acceptors (Lipinski definition) is 1. The lowest BCUT2D eigenvalue weighted by atomic mass is 9.93. The van der Waals surface area contributed by atoms with Gasteiger partial charge in [0.05, 0.1) is 16.6 Å². The number of rotatable bonds is 7. The number of aromatic nitrogens is 1. The molecule has 0 aliphatic rings. The van der Waals surface area contributed by atoms with Gasteiger partial charge < -0.3 is 9.30 Å². The SMILES string of the molecule is c1ccc(-c2c3ccccc3n3c4cccc(-c5ccc(-c6ccc(-c7ccc(N(c8ccccc8)c8ccccc8)cc7)cc6)cc5)c4c4ccccc4c23)cc1. The minimum atomic E-state index is 1.13. The van der Waals surface area contributed by atoms with Gasteiger partial charge in [-0.25, -0.2) is 0 Å². The van der Waals surface area contributed by atoms with Crippen LogP contribution in [0, 0.1) is 0 Å². The third-order valence-corrected chi connectivity index (χ3v) is 11.6. The molecule has 0 bridgehead atoms.